The number of carbonyl (C=O) groups excluding carboxylic acids is 1. The van der Waals surface area contributed by atoms with Gasteiger partial charge < -0.3 is 49.9 Å². The van der Waals surface area contributed by atoms with Crippen LogP contribution >= 0.6 is 15.6 Å². The van der Waals surface area contributed by atoms with Crippen molar-refractivity contribution in [2.24, 2.45) is 0 Å². The summed E-state index contributed by atoms with van der Waals surface area (Å²) in [6.07, 6.45) is -12.8. The fourth-order valence-corrected chi connectivity index (χ4v) is 5.70. The maximum Gasteiger partial charge on any atom is 0.280 e. The van der Waals surface area contributed by atoms with Gasteiger partial charge in [-0.2, -0.15) is 4.98 Å². The van der Waals surface area contributed by atoms with Crippen molar-refractivity contribution in [3.63, 3.8) is 0 Å². The summed E-state index contributed by atoms with van der Waals surface area (Å²) in [4.78, 5) is 57.9. The molecule has 22 heteroatoms. The lowest BCUT2D eigenvalue weighted by atomic mass is 10.0. The average molecular weight is 585 g/mol. The number of phosphoric acid groups is 2. The Balaban J connectivity index is 1.40. The zero-order valence-corrected chi connectivity index (χ0v) is 20.8. The fourth-order valence-electron chi connectivity index (χ4n) is 3.66. The molecular weight excluding hydrogens is 564 g/mol. The smallest absolute Gasteiger partial charge is 0.280 e. The van der Waals surface area contributed by atoms with E-state index in [1.165, 1.54) is 6.92 Å². The van der Waals surface area contributed by atoms with E-state index in [1.54, 1.807) is 0 Å². The second-order valence-corrected chi connectivity index (χ2v) is 11.1. The van der Waals surface area contributed by atoms with E-state index in [-0.39, 0.29) is 17.1 Å². The molecule has 2 aromatic heterocycles. The van der Waals surface area contributed by atoms with Crippen LogP contribution in [0.1, 0.15) is 13.2 Å². The first-order valence-electron chi connectivity index (χ1n) is 10.6. The molecule has 0 aliphatic carbocycles. The summed E-state index contributed by atoms with van der Waals surface area (Å²) in [6, 6.07) is 0. The molecule has 2 saturated heterocycles. The number of aromatic nitrogens is 4. The predicted octanol–water partition coefficient (Wildman–Crippen LogP) is -4.66. The van der Waals surface area contributed by atoms with Gasteiger partial charge in [-0.25, -0.2) is 9.29 Å². The van der Waals surface area contributed by atoms with Crippen molar-refractivity contribution >= 4 is 38.5 Å². The molecule has 20 nitrogen and oxygen atoms in total. The number of ketones is 1. The molecule has 10 unspecified atom stereocenters. The van der Waals surface area contributed by atoms with Crippen LogP contribution in [0.5, 0.6) is 0 Å². The first kappa shape index (κ1) is 28.8. The maximum absolute atomic E-state index is 12.1. The Morgan fingerprint density at radius 1 is 1.13 bits per heavy atom. The number of hydrogen-bond donors (Lipinski definition) is 6. The van der Waals surface area contributed by atoms with Crippen molar-refractivity contribution in [2.75, 3.05) is 12.3 Å². The third-order valence-corrected chi connectivity index (χ3v) is 8.07. The van der Waals surface area contributed by atoms with Crippen molar-refractivity contribution in [1.82, 2.24) is 19.5 Å². The van der Waals surface area contributed by atoms with E-state index in [0.717, 1.165) is 10.9 Å². The quantitative estimate of drug-likeness (QED) is 0.159. The minimum absolute atomic E-state index is 0.127. The van der Waals surface area contributed by atoms with Crippen molar-refractivity contribution < 1.29 is 67.0 Å². The number of nitrogens with two attached hydrogens (primary N) is 1. The van der Waals surface area contributed by atoms with E-state index >= 15 is 0 Å². The number of fused-ring (bicyclic) bond motifs is 1. The standard InChI is InChI=1S/C16H23N5O15P2/c1-4-7(22)9(24)11(26)15(33-4)35-38(30,31)36-37(28,29)32-2-5-8(23)10(25)14(34-5)21-3-18-6-12(21)19-16(17)20-13(6)27/h3-5,7-10,14-15,22-25H,2H2,1H3,(H,28,29)(H,30,31)(H3,17,19,20,27)/p-2. The Hall–Kier alpha value is -2.16. The molecular formula is C16H21N5O15P2-2. The molecule has 4 heterocycles. The lowest BCUT2D eigenvalue weighted by Crippen LogP contribution is -2.54. The van der Waals surface area contributed by atoms with Crippen LogP contribution in [-0.2, 0) is 36.8 Å². The Morgan fingerprint density at radius 2 is 1.82 bits per heavy atom. The Morgan fingerprint density at radius 3 is 2.50 bits per heavy atom. The number of anilines is 1. The van der Waals surface area contributed by atoms with Gasteiger partial charge in [0, 0.05) is 0 Å². The highest BCUT2D eigenvalue weighted by Crippen LogP contribution is 2.56. The van der Waals surface area contributed by atoms with Crippen LogP contribution in [0.4, 0.5) is 5.95 Å². The number of aliphatic hydroxyl groups is 4. The van der Waals surface area contributed by atoms with E-state index in [4.69, 9.17) is 15.2 Å². The molecule has 2 aliphatic rings. The zero-order chi connectivity index (χ0) is 28.2. The van der Waals surface area contributed by atoms with Crippen molar-refractivity contribution in [3.8, 4) is 0 Å². The number of ether oxygens (including phenoxy) is 2. The number of Topliss-reactive ketones (excluding diaryl/α,β-unsaturated/α-hetero) is 1. The van der Waals surface area contributed by atoms with Gasteiger partial charge in [0.25, 0.3) is 21.2 Å². The van der Waals surface area contributed by atoms with Gasteiger partial charge in [0.15, 0.2) is 17.4 Å². The molecule has 0 bridgehead atoms. The fraction of sp³-hybridized carbons (Fsp3) is 0.625. The van der Waals surface area contributed by atoms with Crippen molar-refractivity contribution in [1.29, 1.82) is 0 Å². The molecule has 0 radical (unpaired) electrons. The van der Waals surface area contributed by atoms with E-state index in [1.807, 2.05) is 0 Å². The number of carbonyl (C=O) groups is 1. The summed E-state index contributed by atoms with van der Waals surface area (Å²) in [5, 5.41) is 39.8. The highest BCUT2D eigenvalue weighted by molar-refractivity contribution is 7.59. The molecule has 38 heavy (non-hydrogen) atoms. The van der Waals surface area contributed by atoms with Crippen LogP contribution in [0.15, 0.2) is 11.1 Å². The first-order chi connectivity index (χ1) is 17.6. The Bertz CT molecular complexity index is 1370. The largest absolute Gasteiger partial charge is 0.756 e. The van der Waals surface area contributed by atoms with Crippen molar-refractivity contribution in [2.45, 2.75) is 56.1 Å². The van der Waals surface area contributed by atoms with Crippen LogP contribution in [0.25, 0.3) is 11.2 Å². The molecule has 2 fully saturated rings. The van der Waals surface area contributed by atoms with Crippen LogP contribution in [0.3, 0.4) is 0 Å². The normalized spacial score (nSPS) is 35.3. The SMILES string of the molecule is CC1OC(OP(=O)([O-])OP(=O)([O-])OCC2OC(n3cnc4c(=O)[nH]c(N)nc43)C(O)C2O)C(=O)C(O)C1O. The molecule has 0 aromatic carbocycles. The van der Waals surface area contributed by atoms with Gasteiger partial charge in [-0.05, 0) is 6.92 Å². The average Bonchev–Trinajstić information content (AvgIpc) is 3.35. The number of H-pyrrole nitrogens is 1. The summed E-state index contributed by atoms with van der Waals surface area (Å²) >= 11 is 0. The van der Waals surface area contributed by atoms with Crippen LogP contribution in [0.2, 0.25) is 0 Å². The van der Waals surface area contributed by atoms with Crippen LogP contribution < -0.4 is 21.1 Å². The summed E-state index contributed by atoms with van der Waals surface area (Å²) in [7, 11) is -11.6. The monoisotopic (exact) mass is 585 g/mol. The molecule has 2 aliphatic heterocycles. The third kappa shape index (κ3) is 5.73. The molecule has 212 valence electrons. The van der Waals surface area contributed by atoms with E-state index in [0.29, 0.717) is 0 Å². The second-order valence-electron chi connectivity index (χ2n) is 8.21. The summed E-state index contributed by atoms with van der Waals surface area (Å²) < 4.78 is 48.0. The van der Waals surface area contributed by atoms with E-state index in [2.05, 4.69) is 28.3 Å². The van der Waals surface area contributed by atoms with Gasteiger partial charge in [0.1, 0.15) is 30.5 Å². The Kier molecular flexibility index (Phi) is 7.92. The highest BCUT2D eigenvalue weighted by Gasteiger charge is 2.46. The lowest BCUT2D eigenvalue weighted by Gasteiger charge is -2.37. The molecule has 0 amide bonds. The number of imidazole rings is 1. The summed E-state index contributed by atoms with van der Waals surface area (Å²) in [5.41, 5.74) is 4.50. The number of nitrogen functional groups attached to an aromatic ring is 1. The van der Waals surface area contributed by atoms with Gasteiger partial charge in [-0.1, -0.05) is 0 Å². The van der Waals surface area contributed by atoms with E-state index in [9.17, 15) is 48.9 Å². The summed E-state index contributed by atoms with van der Waals surface area (Å²) in [5.74, 6) is -1.70. The highest BCUT2D eigenvalue weighted by atomic mass is 31.3. The summed E-state index contributed by atoms with van der Waals surface area (Å²) in [6.45, 7) is 0.109. The third-order valence-electron chi connectivity index (χ3n) is 5.55. The van der Waals surface area contributed by atoms with Crippen LogP contribution in [-0.4, -0.2) is 95.2 Å². The number of nitrogens with zero attached hydrogens (tertiary/aromatic N) is 3. The molecule has 10 atom stereocenters. The number of nitrogens with one attached hydrogen (secondary N) is 1. The van der Waals surface area contributed by atoms with Crippen molar-refractivity contribution in [3.05, 3.63) is 16.7 Å². The van der Waals surface area contributed by atoms with Gasteiger partial charge in [0.2, 0.25) is 18.0 Å². The van der Waals surface area contributed by atoms with Gasteiger partial charge >= 0.3 is 0 Å². The molecule has 2 aromatic rings. The molecule has 0 spiro atoms. The number of aliphatic hydroxyl groups excluding tert-OH is 4. The van der Waals surface area contributed by atoms with Crippen LogP contribution in [0, 0.1) is 0 Å². The Labute approximate surface area is 210 Å². The van der Waals surface area contributed by atoms with Gasteiger partial charge in [-0.15, -0.1) is 0 Å². The topological polar surface area (TPSA) is 314 Å². The van der Waals surface area contributed by atoms with Gasteiger partial charge in [0.05, 0.1) is 19.0 Å². The molecule has 4 rings (SSSR count). The number of phosphoric ester groups is 2. The zero-order valence-electron chi connectivity index (χ0n) is 19.0. The predicted molar refractivity (Wildman–Crippen MR) is 113 cm³/mol. The van der Waals surface area contributed by atoms with E-state index < -0.39 is 82.7 Å². The minimum atomic E-state index is -5.88. The number of hydrogen-bond acceptors (Lipinski definition) is 18. The number of aromatic amines is 1. The lowest BCUT2D eigenvalue weighted by molar-refractivity contribution is -0.265. The second kappa shape index (κ2) is 10.4. The minimum Gasteiger partial charge on any atom is -0.756 e. The first-order valence-corrected chi connectivity index (χ1v) is 13.5. The van der Waals surface area contributed by atoms with Gasteiger partial charge in [-0.3, -0.25) is 32.8 Å². The number of rotatable bonds is 8. The maximum atomic E-state index is 12.1. The molecule has 7 N–H and O–H groups in total. The molecule has 0 saturated carbocycles.